The molecule has 3 aromatic rings. The molecule has 0 aliphatic heterocycles. The Morgan fingerprint density at radius 1 is 1.19 bits per heavy atom. The molecule has 1 heterocycles. The van der Waals surface area contributed by atoms with Crippen LogP contribution in [0.25, 0.3) is 6.08 Å². The van der Waals surface area contributed by atoms with Crippen molar-refractivity contribution in [3.63, 3.8) is 0 Å². The standard InChI is InChI=1S/C26H28N2O5S2.K.H/c1-17(2)28(35(31,32)26-27-18(3)16-34-26)23-13-21-5-4-6-22(21)14-24(23)33-15-20-9-7-19(8-10-20)11-12-25(29)30;;/h7-14,16-17H,4-6,15H2,1-3H3,(H,29,30);;. The van der Waals surface area contributed by atoms with Gasteiger partial charge in [-0.05, 0) is 80.5 Å². The maximum absolute atomic E-state index is 13.6. The predicted octanol–water partition coefficient (Wildman–Crippen LogP) is 4.57. The first-order chi connectivity index (χ1) is 16.6. The van der Waals surface area contributed by atoms with Crippen molar-refractivity contribution >= 4 is 90.5 Å². The molecule has 0 fully saturated rings. The first-order valence-corrected chi connectivity index (χ1v) is 13.7. The second-order valence-corrected chi connectivity index (χ2v) is 11.6. The van der Waals surface area contributed by atoms with E-state index in [9.17, 15) is 13.2 Å². The van der Waals surface area contributed by atoms with Crippen molar-refractivity contribution in [3.8, 4) is 5.75 Å². The van der Waals surface area contributed by atoms with Crippen LogP contribution in [0.5, 0.6) is 5.75 Å². The van der Waals surface area contributed by atoms with Gasteiger partial charge in [0.25, 0.3) is 10.0 Å². The summed E-state index contributed by atoms with van der Waals surface area (Å²) in [5, 5.41) is 10.5. The van der Waals surface area contributed by atoms with Crippen LogP contribution in [-0.4, -0.2) is 81.9 Å². The SMILES string of the molecule is Cc1csc(S(=O)(=O)N(c2cc3c(cc2OCc2ccc(C=CC(=O)O)cc2)CCC3)C(C)C)n1.[KH]. The average molecular weight is 553 g/mol. The number of carbonyl (C=O) groups is 1. The number of aryl methyl sites for hydroxylation is 3. The number of nitrogens with zero attached hydrogens (tertiary/aromatic N) is 2. The molecule has 0 spiro atoms. The summed E-state index contributed by atoms with van der Waals surface area (Å²) in [6.07, 6.45) is 5.50. The fourth-order valence-electron chi connectivity index (χ4n) is 4.15. The Morgan fingerprint density at radius 3 is 2.44 bits per heavy atom. The monoisotopic (exact) mass is 552 g/mol. The minimum atomic E-state index is -3.87. The van der Waals surface area contributed by atoms with Gasteiger partial charge in [0, 0.05) is 23.2 Å². The van der Waals surface area contributed by atoms with Crippen LogP contribution in [0.3, 0.4) is 0 Å². The summed E-state index contributed by atoms with van der Waals surface area (Å²) < 4.78 is 35.0. The van der Waals surface area contributed by atoms with E-state index in [1.54, 1.807) is 12.3 Å². The van der Waals surface area contributed by atoms with Gasteiger partial charge in [0.1, 0.15) is 12.4 Å². The second kappa shape index (κ2) is 12.3. The summed E-state index contributed by atoms with van der Waals surface area (Å²) in [4.78, 5) is 15.0. The molecule has 1 aliphatic rings. The van der Waals surface area contributed by atoms with Gasteiger partial charge < -0.3 is 9.84 Å². The number of anilines is 1. The number of aliphatic carboxylic acids is 1. The molecule has 36 heavy (non-hydrogen) atoms. The number of hydrogen-bond acceptors (Lipinski definition) is 6. The second-order valence-electron chi connectivity index (χ2n) is 8.79. The van der Waals surface area contributed by atoms with E-state index in [2.05, 4.69) is 4.98 Å². The number of thiazole rings is 1. The van der Waals surface area contributed by atoms with Crippen LogP contribution in [0.15, 0.2) is 52.2 Å². The number of carboxylic acid groups (broad SMARTS) is 1. The van der Waals surface area contributed by atoms with E-state index in [-0.39, 0.29) is 68.4 Å². The number of hydrogen-bond donors (Lipinski definition) is 1. The van der Waals surface area contributed by atoms with Gasteiger partial charge in [-0.2, -0.15) is 8.42 Å². The van der Waals surface area contributed by atoms with E-state index in [1.807, 2.05) is 50.2 Å². The summed E-state index contributed by atoms with van der Waals surface area (Å²) in [5.41, 5.74) is 5.18. The van der Waals surface area contributed by atoms with E-state index in [0.717, 1.165) is 53.4 Å². The van der Waals surface area contributed by atoms with Gasteiger partial charge in [-0.3, -0.25) is 4.31 Å². The van der Waals surface area contributed by atoms with E-state index in [4.69, 9.17) is 9.84 Å². The van der Waals surface area contributed by atoms with Gasteiger partial charge in [0.2, 0.25) is 4.34 Å². The Morgan fingerprint density at radius 2 is 1.86 bits per heavy atom. The molecule has 4 rings (SSSR count). The molecule has 2 aromatic carbocycles. The van der Waals surface area contributed by atoms with Crippen LogP contribution in [0.4, 0.5) is 5.69 Å². The summed E-state index contributed by atoms with van der Waals surface area (Å²) in [6, 6.07) is 10.9. The molecule has 1 aromatic heterocycles. The molecule has 0 atom stereocenters. The molecule has 0 saturated carbocycles. The van der Waals surface area contributed by atoms with Gasteiger partial charge in [-0.1, -0.05) is 24.3 Å². The molecule has 0 amide bonds. The summed E-state index contributed by atoms with van der Waals surface area (Å²) in [6.45, 7) is 5.72. The molecular formula is C26H29KN2O5S2. The van der Waals surface area contributed by atoms with Crippen LogP contribution >= 0.6 is 11.3 Å². The zero-order valence-electron chi connectivity index (χ0n) is 19.9. The van der Waals surface area contributed by atoms with Crippen LogP contribution < -0.4 is 9.04 Å². The van der Waals surface area contributed by atoms with Crippen molar-refractivity contribution in [2.45, 2.75) is 57.0 Å². The Bertz CT molecular complexity index is 1370. The first-order valence-electron chi connectivity index (χ1n) is 11.4. The van der Waals surface area contributed by atoms with Crippen molar-refractivity contribution in [3.05, 3.63) is 75.8 Å². The van der Waals surface area contributed by atoms with Crippen LogP contribution in [0.2, 0.25) is 0 Å². The van der Waals surface area contributed by atoms with Crippen molar-refractivity contribution < 1.29 is 23.1 Å². The van der Waals surface area contributed by atoms with Crippen LogP contribution in [0, 0.1) is 6.92 Å². The molecule has 1 N–H and O–H groups in total. The molecule has 1 aliphatic carbocycles. The van der Waals surface area contributed by atoms with Crippen LogP contribution in [-0.2, 0) is 34.3 Å². The number of fused-ring (bicyclic) bond motifs is 1. The Kier molecular flexibility index (Phi) is 9.95. The summed E-state index contributed by atoms with van der Waals surface area (Å²) in [7, 11) is -3.87. The molecule has 7 nitrogen and oxygen atoms in total. The van der Waals surface area contributed by atoms with Gasteiger partial charge in [-0.25, -0.2) is 9.78 Å². The van der Waals surface area contributed by atoms with E-state index in [0.29, 0.717) is 17.1 Å². The zero-order valence-corrected chi connectivity index (χ0v) is 21.5. The van der Waals surface area contributed by atoms with Crippen molar-refractivity contribution in [1.29, 1.82) is 0 Å². The Balaban J connectivity index is 0.00000361. The fourth-order valence-corrected chi connectivity index (χ4v) is 6.93. The number of rotatable bonds is 9. The van der Waals surface area contributed by atoms with E-state index in [1.165, 1.54) is 15.9 Å². The number of benzene rings is 2. The maximum atomic E-state index is 13.6. The first kappa shape index (κ1) is 29.0. The number of aromatic nitrogens is 1. The van der Waals surface area contributed by atoms with Crippen molar-refractivity contribution in [2.75, 3.05) is 4.31 Å². The van der Waals surface area contributed by atoms with Gasteiger partial charge in [0.05, 0.1) is 5.69 Å². The third-order valence-corrected chi connectivity index (χ3v) is 9.09. The average Bonchev–Trinajstić information content (AvgIpc) is 3.45. The number of ether oxygens (including phenoxy) is 1. The van der Waals surface area contributed by atoms with Gasteiger partial charge in [-0.15, -0.1) is 11.3 Å². The third kappa shape index (κ3) is 6.66. The van der Waals surface area contributed by atoms with Crippen molar-refractivity contribution in [1.82, 2.24) is 4.98 Å². The van der Waals surface area contributed by atoms with Gasteiger partial charge >= 0.3 is 57.4 Å². The zero-order chi connectivity index (χ0) is 25.2. The minimum absolute atomic E-state index is 0. The van der Waals surface area contributed by atoms with E-state index >= 15 is 0 Å². The quantitative estimate of drug-likeness (QED) is 0.309. The molecular weight excluding hydrogens is 524 g/mol. The molecule has 0 radical (unpaired) electrons. The Labute approximate surface area is 258 Å². The van der Waals surface area contributed by atoms with Crippen LogP contribution in [0.1, 0.15) is 48.2 Å². The third-order valence-electron chi connectivity index (χ3n) is 5.75. The van der Waals surface area contributed by atoms with Crippen molar-refractivity contribution in [2.24, 2.45) is 0 Å². The van der Waals surface area contributed by atoms with Gasteiger partial charge in [0.15, 0.2) is 0 Å². The van der Waals surface area contributed by atoms with E-state index < -0.39 is 16.0 Å². The number of sulfonamides is 1. The Hall–Kier alpha value is -1.53. The summed E-state index contributed by atoms with van der Waals surface area (Å²) >= 11 is 1.12. The normalized spacial score (nSPS) is 13.0. The predicted molar refractivity (Wildman–Crippen MR) is 145 cm³/mol. The fraction of sp³-hybridized carbons (Fsp3) is 0.308. The molecule has 0 unspecified atom stereocenters. The summed E-state index contributed by atoms with van der Waals surface area (Å²) in [5.74, 6) is -0.481. The number of carboxylic acids is 1. The molecule has 10 heteroatoms. The molecule has 186 valence electrons. The molecule has 0 bridgehead atoms. The topological polar surface area (TPSA) is 96.8 Å². The molecule has 0 saturated heterocycles.